The highest BCUT2D eigenvalue weighted by atomic mass is 32.2. The highest BCUT2D eigenvalue weighted by molar-refractivity contribution is 7.93. The maximum atomic E-state index is 13.4. The van der Waals surface area contributed by atoms with Gasteiger partial charge in [-0.1, -0.05) is 48.0 Å². The van der Waals surface area contributed by atoms with Gasteiger partial charge in [0.2, 0.25) is 0 Å². The largest absolute Gasteiger partial charge is 0.272 e. The molecule has 0 saturated carbocycles. The molecule has 0 atom stereocenters. The maximum absolute atomic E-state index is 13.4. The molecule has 0 aliphatic heterocycles. The van der Waals surface area contributed by atoms with Crippen molar-refractivity contribution in [1.29, 1.82) is 0 Å². The van der Waals surface area contributed by atoms with Gasteiger partial charge in [-0.05, 0) is 62.2 Å². The highest BCUT2D eigenvalue weighted by Crippen LogP contribution is 2.29. The molecule has 3 aromatic rings. The molecule has 5 heteroatoms. The van der Waals surface area contributed by atoms with Crippen molar-refractivity contribution in [3.05, 3.63) is 95.1 Å². The van der Waals surface area contributed by atoms with Gasteiger partial charge in [-0.15, -0.1) is 0 Å². The molecule has 0 heterocycles. The number of hydrogen-bond donors (Lipinski definition) is 0. The predicted octanol–water partition coefficient (Wildman–Crippen LogP) is 4.65. The molecular formula is C22H21NO3S. The van der Waals surface area contributed by atoms with Crippen LogP contribution in [0.15, 0.2) is 77.7 Å². The summed E-state index contributed by atoms with van der Waals surface area (Å²) >= 11 is 0. The SMILES string of the molecule is Cc1ccc(C(=O)N(c2cc(C)ccc2C)S(=O)(=O)c2ccccc2)cc1. The summed E-state index contributed by atoms with van der Waals surface area (Å²) in [5, 5.41) is 0. The third kappa shape index (κ3) is 3.78. The van der Waals surface area contributed by atoms with Crippen LogP contribution in [0.25, 0.3) is 0 Å². The Labute approximate surface area is 160 Å². The summed E-state index contributed by atoms with van der Waals surface area (Å²) in [4.78, 5) is 13.4. The molecule has 3 rings (SSSR count). The van der Waals surface area contributed by atoms with E-state index in [2.05, 4.69) is 0 Å². The van der Waals surface area contributed by atoms with Crippen LogP contribution < -0.4 is 4.31 Å². The Morgan fingerprint density at radius 2 is 1.37 bits per heavy atom. The first kappa shape index (κ1) is 18.9. The summed E-state index contributed by atoms with van der Waals surface area (Å²) in [6, 6.07) is 20.3. The number of benzene rings is 3. The molecule has 0 unspecified atom stereocenters. The van der Waals surface area contributed by atoms with Crippen LogP contribution >= 0.6 is 0 Å². The van der Waals surface area contributed by atoms with Crippen LogP contribution in [0.5, 0.6) is 0 Å². The molecule has 0 fully saturated rings. The van der Waals surface area contributed by atoms with Crippen molar-refractivity contribution in [3.63, 3.8) is 0 Å². The molecule has 27 heavy (non-hydrogen) atoms. The number of sulfonamides is 1. The van der Waals surface area contributed by atoms with Crippen molar-refractivity contribution in [2.45, 2.75) is 25.7 Å². The number of carbonyl (C=O) groups is 1. The van der Waals surface area contributed by atoms with Gasteiger partial charge in [0, 0.05) is 5.56 Å². The quantitative estimate of drug-likeness (QED) is 0.663. The fourth-order valence-electron chi connectivity index (χ4n) is 2.80. The maximum Gasteiger partial charge on any atom is 0.272 e. The summed E-state index contributed by atoms with van der Waals surface area (Å²) in [5.41, 5.74) is 3.27. The minimum atomic E-state index is -4.07. The topological polar surface area (TPSA) is 54.5 Å². The molecule has 0 aliphatic rings. The van der Waals surface area contributed by atoms with Gasteiger partial charge >= 0.3 is 0 Å². The number of nitrogens with zero attached hydrogens (tertiary/aromatic N) is 1. The average Bonchev–Trinajstić information content (AvgIpc) is 2.66. The van der Waals surface area contributed by atoms with Gasteiger partial charge in [-0.25, -0.2) is 8.42 Å². The molecule has 138 valence electrons. The normalized spacial score (nSPS) is 11.2. The zero-order valence-corrected chi connectivity index (χ0v) is 16.3. The zero-order chi connectivity index (χ0) is 19.6. The minimum Gasteiger partial charge on any atom is -0.268 e. The van der Waals surface area contributed by atoms with Gasteiger partial charge < -0.3 is 0 Å². The third-order valence-corrected chi connectivity index (χ3v) is 6.06. The number of anilines is 1. The first-order chi connectivity index (χ1) is 12.8. The Morgan fingerprint density at radius 1 is 0.778 bits per heavy atom. The van der Waals surface area contributed by atoms with E-state index in [1.54, 1.807) is 55.5 Å². The lowest BCUT2D eigenvalue weighted by atomic mass is 10.1. The van der Waals surface area contributed by atoms with Crippen LogP contribution in [0.3, 0.4) is 0 Å². The lowest BCUT2D eigenvalue weighted by molar-refractivity contribution is 0.100. The number of carbonyl (C=O) groups excluding carboxylic acids is 1. The minimum absolute atomic E-state index is 0.0753. The smallest absolute Gasteiger partial charge is 0.268 e. The molecule has 0 N–H and O–H groups in total. The van der Waals surface area contributed by atoms with E-state index < -0.39 is 15.9 Å². The van der Waals surface area contributed by atoms with Gasteiger partial charge in [-0.3, -0.25) is 4.79 Å². The zero-order valence-electron chi connectivity index (χ0n) is 15.5. The van der Waals surface area contributed by atoms with Crippen molar-refractivity contribution in [3.8, 4) is 0 Å². The average molecular weight is 379 g/mol. The Balaban J connectivity index is 2.22. The van der Waals surface area contributed by atoms with Crippen molar-refractivity contribution < 1.29 is 13.2 Å². The van der Waals surface area contributed by atoms with Crippen molar-refractivity contribution in [2.24, 2.45) is 0 Å². The van der Waals surface area contributed by atoms with Crippen LogP contribution in [0.4, 0.5) is 5.69 Å². The summed E-state index contributed by atoms with van der Waals surface area (Å²) in [6.07, 6.45) is 0. The molecule has 0 saturated heterocycles. The number of rotatable bonds is 4. The Kier molecular flexibility index (Phi) is 5.15. The van der Waals surface area contributed by atoms with Gasteiger partial charge in [0.25, 0.3) is 15.9 Å². The first-order valence-electron chi connectivity index (χ1n) is 8.59. The molecule has 0 bridgehead atoms. The van der Waals surface area contributed by atoms with E-state index in [-0.39, 0.29) is 4.90 Å². The lowest BCUT2D eigenvalue weighted by Gasteiger charge is -2.25. The summed E-state index contributed by atoms with van der Waals surface area (Å²) < 4.78 is 27.7. The first-order valence-corrected chi connectivity index (χ1v) is 10.0. The molecule has 0 spiro atoms. The Morgan fingerprint density at radius 3 is 2.00 bits per heavy atom. The van der Waals surface area contributed by atoms with Crippen molar-refractivity contribution in [1.82, 2.24) is 0 Å². The van der Waals surface area contributed by atoms with E-state index in [0.717, 1.165) is 15.4 Å². The molecule has 4 nitrogen and oxygen atoms in total. The second-order valence-corrected chi connectivity index (χ2v) is 8.33. The van der Waals surface area contributed by atoms with Gasteiger partial charge in [0.05, 0.1) is 10.6 Å². The van der Waals surface area contributed by atoms with Gasteiger partial charge in [-0.2, -0.15) is 4.31 Å². The van der Waals surface area contributed by atoms with E-state index in [1.165, 1.54) is 12.1 Å². The summed E-state index contributed by atoms with van der Waals surface area (Å²) in [6.45, 7) is 5.58. The fourth-order valence-corrected chi connectivity index (χ4v) is 4.29. The van der Waals surface area contributed by atoms with Gasteiger partial charge in [0.15, 0.2) is 0 Å². The molecule has 0 radical (unpaired) electrons. The van der Waals surface area contributed by atoms with E-state index in [0.29, 0.717) is 16.8 Å². The fraction of sp³-hybridized carbons (Fsp3) is 0.136. The summed E-state index contributed by atoms with van der Waals surface area (Å²) in [7, 11) is -4.07. The van der Waals surface area contributed by atoms with Crippen LogP contribution in [0.1, 0.15) is 27.0 Å². The predicted molar refractivity (Wildman–Crippen MR) is 108 cm³/mol. The number of aryl methyl sites for hydroxylation is 3. The van der Waals surface area contributed by atoms with Crippen LogP contribution in [-0.4, -0.2) is 14.3 Å². The molecule has 3 aromatic carbocycles. The van der Waals surface area contributed by atoms with E-state index >= 15 is 0 Å². The number of amides is 1. The van der Waals surface area contributed by atoms with Crippen LogP contribution in [-0.2, 0) is 10.0 Å². The van der Waals surface area contributed by atoms with E-state index in [9.17, 15) is 13.2 Å². The highest BCUT2D eigenvalue weighted by Gasteiger charge is 2.32. The second kappa shape index (κ2) is 7.37. The number of hydrogen-bond acceptors (Lipinski definition) is 3. The van der Waals surface area contributed by atoms with E-state index in [4.69, 9.17) is 0 Å². The van der Waals surface area contributed by atoms with Gasteiger partial charge in [0.1, 0.15) is 0 Å². The standard InChI is InChI=1S/C22H21NO3S/c1-16-10-13-19(14-11-16)22(24)23(21-15-17(2)9-12-18(21)3)27(25,26)20-7-5-4-6-8-20/h4-15H,1-3H3. The molecule has 0 aromatic heterocycles. The van der Waals surface area contributed by atoms with Crippen molar-refractivity contribution in [2.75, 3.05) is 4.31 Å². The molecular weight excluding hydrogens is 358 g/mol. The van der Waals surface area contributed by atoms with Crippen LogP contribution in [0.2, 0.25) is 0 Å². The Bertz CT molecular complexity index is 1070. The second-order valence-electron chi connectivity index (χ2n) is 6.54. The monoisotopic (exact) mass is 379 g/mol. The third-order valence-electron chi connectivity index (χ3n) is 4.35. The summed E-state index contributed by atoms with van der Waals surface area (Å²) in [5.74, 6) is -0.576. The van der Waals surface area contributed by atoms with Crippen molar-refractivity contribution >= 4 is 21.6 Å². The van der Waals surface area contributed by atoms with E-state index in [1.807, 2.05) is 26.0 Å². The molecule has 1 amide bonds. The Hall–Kier alpha value is -2.92. The lowest BCUT2D eigenvalue weighted by Crippen LogP contribution is -2.37. The molecule has 0 aliphatic carbocycles. The van der Waals surface area contributed by atoms with Crippen LogP contribution in [0, 0.1) is 20.8 Å².